The SMILES string of the molecule is CC(CN)NCCC(C)(C)c1ccccc1. The molecule has 0 heterocycles. The molecule has 0 saturated carbocycles. The molecule has 16 heavy (non-hydrogen) atoms. The van der Waals surface area contributed by atoms with Gasteiger partial charge in [0.15, 0.2) is 0 Å². The minimum atomic E-state index is 0.225. The number of benzene rings is 1. The Kier molecular flexibility index (Phi) is 4.97. The van der Waals surface area contributed by atoms with Crippen molar-refractivity contribution in [1.82, 2.24) is 5.32 Å². The van der Waals surface area contributed by atoms with Crippen molar-refractivity contribution in [3.8, 4) is 0 Å². The summed E-state index contributed by atoms with van der Waals surface area (Å²) in [5.41, 5.74) is 7.20. The molecular weight excluding hydrogens is 196 g/mol. The molecule has 90 valence electrons. The van der Waals surface area contributed by atoms with Crippen LogP contribution >= 0.6 is 0 Å². The van der Waals surface area contributed by atoms with Gasteiger partial charge < -0.3 is 11.1 Å². The zero-order valence-corrected chi connectivity index (χ0v) is 10.7. The monoisotopic (exact) mass is 220 g/mol. The number of rotatable bonds is 6. The second kappa shape index (κ2) is 6.02. The van der Waals surface area contributed by atoms with Crippen LogP contribution in [0.2, 0.25) is 0 Å². The summed E-state index contributed by atoms with van der Waals surface area (Å²) in [5.74, 6) is 0. The molecule has 0 aliphatic rings. The fourth-order valence-electron chi connectivity index (χ4n) is 1.75. The van der Waals surface area contributed by atoms with Crippen LogP contribution in [0.1, 0.15) is 32.8 Å². The van der Waals surface area contributed by atoms with Crippen molar-refractivity contribution in [1.29, 1.82) is 0 Å². The molecule has 0 saturated heterocycles. The van der Waals surface area contributed by atoms with E-state index in [1.165, 1.54) is 5.56 Å². The molecule has 1 rings (SSSR count). The van der Waals surface area contributed by atoms with Crippen LogP contribution in [0, 0.1) is 0 Å². The van der Waals surface area contributed by atoms with E-state index in [0.717, 1.165) is 13.0 Å². The Morgan fingerprint density at radius 1 is 1.25 bits per heavy atom. The van der Waals surface area contributed by atoms with Gasteiger partial charge in [-0.15, -0.1) is 0 Å². The molecule has 1 aromatic rings. The first-order valence-electron chi connectivity index (χ1n) is 6.05. The predicted octanol–water partition coefficient (Wildman–Crippen LogP) is 2.29. The van der Waals surface area contributed by atoms with Gasteiger partial charge in [-0.3, -0.25) is 0 Å². The van der Waals surface area contributed by atoms with E-state index >= 15 is 0 Å². The Labute approximate surface area is 99.2 Å². The molecule has 0 spiro atoms. The molecule has 0 bridgehead atoms. The average Bonchev–Trinajstić information content (AvgIpc) is 2.30. The van der Waals surface area contributed by atoms with E-state index < -0.39 is 0 Å². The maximum atomic E-state index is 5.57. The number of nitrogens with one attached hydrogen (secondary N) is 1. The van der Waals surface area contributed by atoms with Crippen LogP contribution < -0.4 is 11.1 Å². The third-order valence-corrected chi connectivity index (χ3v) is 3.15. The van der Waals surface area contributed by atoms with E-state index in [9.17, 15) is 0 Å². The summed E-state index contributed by atoms with van der Waals surface area (Å²) in [6, 6.07) is 11.1. The number of hydrogen-bond donors (Lipinski definition) is 2. The van der Waals surface area contributed by atoms with Crippen LogP contribution in [-0.4, -0.2) is 19.1 Å². The van der Waals surface area contributed by atoms with E-state index in [1.54, 1.807) is 0 Å². The van der Waals surface area contributed by atoms with Crippen LogP contribution in [0.3, 0.4) is 0 Å². The van der Waals surface area contributed by atoms with Crippen LogP contribution in [0.5, 0.6) is 0 Å². The fourth-order valence-corrected chi connectivity index (χ4v) is 1.75. The van der Waals surface area contributed by atoms with Gasteiger partial charge in [-0.2, -0.15) is 0 Å². The van der Waals surface area contributed by atoms with E-state index in [1.807, 2.05) is 0 Å². The Balaban J connectivity index is 2.46. The minimum absolute atomic E-state index is 0.225. The highest BCUT2D eigenvalue weighted by atomic mass is 14.9. The molecule has 0 aromatic heterocycles. The first kappa shape index (κ1) is 13.2. The van der Waals surface area contributed by atoms with Crippen molar-refractivity contribution in [2.45, 2.75) is 38.6 Å². The molecule has 1 atom stereocenters. The summed E-state index contributed by atoms with van der Waals surface area (Å²) in [7, 11) is 0. The van der Waals surface area contributed by atoms with Crippen molar-refractivity contribution >= 4 is 0 Å². The highest BCUT2D eigenvalue weighted by Gasteiger charge is 2.19. The van der Waals surface area contributed by atoms with E-state index in [2.05, 4.69) is 56.4 Å². The molecule has 0 radical (unpaired) electrons. The van der Waals surface area contributed by atoms with Gasteiger partial charge in [0.05, 0.1) is 0 Å². The Morgan fingerprint density at radius 3 is 2.44 bits per heavy atom. The Morgan fingerprint density at radius 2 is 1.88 bits per heavy atom. The molecule has 2 nitrogen and oxygen atoms in total. The summed E-state index contributed by atoms with van der Waals surface area (Å²) < 4.78 is 0. The molecule has 1 aromatic carbocycles. The number of nitrogens with two attached hydrogens (primary N) is 1. The summed E-state index contributed by atoms with van der Waals surface area (Å²) in [6.07, 6.45) is 1.13. The van der Waals surface area contributed by atoms with E-state index in [-0.39, 0.29) is 5.41 Å². The first-order valence-corrected chi connectivity index (χ1v) is 6.05. The zero-order valence-electron chi connectivity index (χ0n) is 10.7. The third-order valence-electron chi connectivity index (χ3n) is 3.15. The highest BCUT2D eigenvalue weighted by Crippen LogP contribution is 2.25. The van der Waals surface area contributed by atoms with Crippen molar-refractivity contribution in [3.05, 3.63) is 35.9 Å². The second-order valence-electron chi connectivity index (χ2n) is 5.09. The highest BCUT2D eigenvalue weighted by molar-refractivity contribution is 5.23. The van der Waals surface area contributed by atoms with Crippen LogP contribution in [0.25, 0.3) is 0 Å². The smallest absolute Gasteiger partial charge is 0.0161 e. The maximum Gasteiger partial charge on any atom is 0.0161 e. The standard InChI is InChI=1S/C14H24N2/c1-12(11-15)16-10-9-14(2,3)13-7-5-4-6-8-13/h4-8,12,16H,9-11,15H2,1-3H3. The summed E-state index contributed by atoms with van der Waals surface area (Å²) in [5, 5.41) is 3.43. The minimum Gasteiger partial charge on any atom is -0.329 e. The largest absolute Gasteiger partial charge is 0.329 e. The van der Waals surface area contributed by atoms with Gasteiger partial charge in [0.2, 0.25) is 0 Å². The fraction of sp³-hybridized carbons (Fsp3) is 0.571. The lowest BCUT2D eigenvalue weighted by Gasteiger charge is -2.26. The van der Waals surface area contributed by atoms with Crippen LogP contribution in [0.4, 0.5) is 0 Å². The average molecular weight is 220 g/mol. The summed E-state index contributed by atoms with van der Waals surface area (Å²) >= 11 is 0. The van der Waals surface area contributed by atoms with Crippen molar-refractivity contribution < 1.29 is 0 Å². The lowest BCUT2D eigenvalue weighted by atomic mass is 9.81. The lowest BCUT2D eigenvalue weighted by molar-refractivity contribution is 0.435. The second-order valence-corrected chi connectivity index (χ2v) is 5.09. The topological polar surface area (TPSA) is 38.0 Å². The van der Waals surface area contributed by atoms with Gasteiger partial charge in [0, 0.05) is 12.6 Å². The van der Waals surface area contributed by atoms with Gasteiger partial charge >= 0.3 is 0 Å². The van der Waals surface area contributed by atoms with Crippen LogP contribution in [-0.2, 0) is 5.41 Å². The van der Waals surface area contributed by atoms with E-state index in [4.69, 9.17) is 5.73 Å². The summed E-state index contributed by atoms with van der Waals surface area (Å²) in [4.78, 5) is 0. The molecule has 0 amide bonds. The lowest BCUT2D eigenvalue weighted by Crippen LogP contribution is -2.36. The van der Waals surface area contributed by atoms with Crippen molar-refractivity contribution in [3.63, 3.8) is 0 Å². The van der Waals surface area contributed by atoms with Gasteiger partial charge in [-0.05, 0) is 30.9 Å². The van der Waals surface area contributed by atoms with Crippen molar-refractivity contribution in [2.75, 3.05) is 13.1 Å². The molecule has 0 aliphatic carbocycles. The Bertz CT molecular complexity index is 293. The van der Waals surface area contributed by atoms with E-state index in [0.29, 0.717) is 12.6 Å². The molecule has 0 fully saturated rings. The zero-order chi connectivity index (χ0) is 12.0. The first-order chi connectivity index (χ1) is 7.56. The Hall–Kier alpha value is -0.860. The third kappa shape index (κ3) is 3.95. The van der Waals surface area contributed by atoms with Crippen molar-refractivity contribution in [2.24, 2.45) is 5.73 Å². The summed E-state index contributed by atoms with van der Waals surface area (Å²) in [6.45, 7) is 8.41. The maximum absolute atomic E-state index is 5.57. The van der Waals surface area contributed by atoms with Gasteiger partial charge in [0.1, 0.15) is 0 Å². The van der Waals surface area contributed by atoms with Crippen LogP contribution in [0.15, 0.2) is 30.3 Å². The quantitative estimate of drug-likeness (QED) is 0.772. The molecule has 1 unspecified atom stereocenters. The molecule has 0 aliphatic heterocycles. The predicted molar refractivity (Wildman–Crippen MR) is 70.6 cm³/mol. The van der Waals surface area contributed by atoms with Gasteiger partial charge in [-0.1, -0.05) is 44.2 Å². The molecular formula is C14H24N2. The molecule has 2 heteroatoms. The molecule has 3 N–H and O–H groups in total. The normalized spacial score (nSPS) is 13.8. The van der Waals surface area contributed by atoms with Gasteiger partial charge in [-0.25, -0.2) is 0 Å². The number of hydrogen-bond acceptors (Lipinski definition) is 2. The van der Waals surface area contributed by atoms with Gasteiger partial charge in [0.25, 0.3) is 0 Å².